The van der Waals surface area contributed by atoms with Gasteiger partial charge in [0.25, 0.3) is 0 Å². The van der Waals surface area contributed by atoms with E-state index in [1.807, 2.05) is 12.1 Å². The predicted octanol–water partition coefficient (Wildman–Crippen LogP) is 5.48. The molecule has 0 amide bonds. The highest BCUT2D eigenvalue weighted by Gasteiger charge is 2.15. The molecule has 0 atom stereocenters. The van der Waals surface area contributed by atoms with Crippen molar-refractivity contribution in [2.24, 2.45) is 0 Å². The van der Waals surface area contributed by atoms with Gasteiger partial charge < -0.3 is 0 Å². The Balaban J connectivity index is 2.24. The van der Waals surface area contributed by atoms with Crippen LogP contribution in [0.4, 0.5) is 0 Å². The van der Waals surface area contributed by atoms with Gasteiger partial charge in [-0.3, -0.25) is 0 Å². The second-order valence-corrected chi connectivity index (χ2v) is 5.85. The molecule has 0 radical (unpaired) electrons. The molecule has 0 unspecified atom stereocenters. The SMILES string of the molecule is C#Cc1cnn(-c2ccc(Cl)cc2Cl)c1-c1ccc(Cl)cc1. The number of terminal acetylenes is 1. The first-order valence-corrected chi connectivity index (χ1v) is 7.49. The minimum Gasteiger partial charge on any atom is -0.230 e. The molecule has 1 heterocycles. The largest absolute Gasteiger partial charge is 0.230 e. The molecule has 0 N–H and O–H groups in total. The highest BCUT2D eigenvalue weighted by Crippen LogP contribution is 2.31. The first-order valence-electron chi connectivity index (χ1n) is 6.36. The van der Waals surface area contributed by atoms with Crippen LogP contribution >= 0.6 is 34.8 Å². The van der Waals surface area contributed by atoms with Crippen molar-refractivity contribution < 1.29 is 0 Å². The Morgan fingerprint density at radius 2 is 1.64 bits per heavy atom. The first kappa shape index (κ1) is 15.0. The number of benzene rings is 2. The number of rotatable bonds is 2. The summed E-state index contributed by atoms with van der Waals surface area (Å²) in [4.78, 5) is 0. The van der Waals surface area contributed by atoms with Crippen LogP contribution in [0, 0.1) is 12.3 Å². The number of halogens is 3. The van der Waals surface area contributed by atoms with Crippen molar-refractivity contribution in [3.05, 3.63) is 69.3 Å². The van der Waals surface area contributed by atoms with E-state index < -0.39 is 0 Å². The van der Waals surface area contributed by atoms with Crippen LogP contribution in [0.2, 0.25) is 15.1 Å². The van der Waals surface area contributed by atoms with Crippen LogP contribution in [-0.2, 0) is 0 Å². The van der Waals surface area contributed by atoms with Crippen LogP contribution in [0.1, 0.15) is 5.56 Å². The Hall–Kier alpha value is -1.92. The van der Waals surface area contributed by atoms with E-state index in [0.29, 0.717) is 26.3 Å². The van der Waals surface area contributed by atoms with E-state index in [2.05, 4.69) is 11.0 Å². The molecule has 5 heteroatoms. The summed E-state index contributed by atoms with van der Waals surface area (Å²) in [6.45, 7) is 0. The van der Waals surface area contributed by atoms with Gasteiger partial charge in [0.1, 0.15) is 0 Å². The van der Waals surface area contributed by atoms with Crippen molar-refractivity contribution in [3.8, 4) is 29.3 Å². The Morgan fingerprint density at radius 3 is 2.27 bits per heavy atom. The van der Waals surface area contributed by atoms with Crippen LogP contribution in [0.25, 0.3) is 16.9 Å². The number of nitrogens with zero attached hydrogens (tertiary/aromatic N) is 2. The van der Waals surface area contributed by atoms with Crippen molar-refractivity contribution in [1.82, 2.24) is 9.78 Å². The standard InChI is InChI=1S/C17H9Cl3N2/c1-2-11-10-21-22(16-8-7-14(19)9-15(16)20)17(11)12-3-5-13(18)6-4-12/h1,3-10H. The van der Waals surface area contributed by atoms with E-state index in [1.165, 1.54) is 0 Å². The molecule has 0 saturated heterocycles. The van der Waals surface area contributed by atoms with Gasteiger partial charge in [0, 0.05) is 15.6 Å². The molecule has 0 aliphatic rings. The van der Waals surface area contributed by atoms with Gasteiger partial charge in [0.05, 0.1) is 28.2 Å². The molecule has 3 rings (SSSR count). The highest BCUT2D eigenvalue weighted by molar-refractivity contribution is 6.35. The third-order valence-electron chi connectivity index (χ3n) is 3.18. The van der Waals surface area contributed by atoms with Crippen LogP contribution in [0.15, 0.2) is 48.7 Å². The van der Waals surface area contributed by atoms with Crippen molar-refractivity contribution in [2.75, 3.05) is 0 Å². The first-order chi connectivity index (χ1) is 10.6. The lowest BCUT2D eigenvalue weighted by Crippen LogP contribution is -2.00. The minimum atomic E-state index is 0.495. The topological polar surface area (TPSA) is 17.8 Å². The number of aromatic nitrogens is 2. The van der Waals surface area contributed by atoms with Gasteiger partial charge in [-0.2, -0.15) is 5.10 Å². The number of hydrogen-bond acceptors (Lipinski definition) is 1. The highest BCUT2D eigenvalue weighted by atomic mass is 35.5. The summed E-state index contributed by atoms with van der Waals surface area (Å²) in [5.41, 5.74) is 3.06. The summed E-state index contributed by atoms with van der Waals surface area (Å²) in [5, 5.41) is 6.07. The quantitative estimate of drug-likeness (QED) is 0.561. The monoisotopic (exact) mass is 346 g/mol. The molecular formula is C17H9Cl3N2. The van der Waals surface area contributed by atoms with Gasteiger partial charge in [-0.1, -0.05) is 52.9 Å². The van der Waals surface area contributed by atoms with E-state index in [1.54, 1.807) is 41.2 Å². The molecule has 0 bridgehead atoms. The molecular weight excluding hydrogens is 339 g/mol. The molecule has 1 aromatic heterocycles. The lowest BCUT2D eigenvalue weighted by Gasteiger charge is -2.10. The van der Waals surface area contributed by atoms with E-state index in [4.69, 9.17) is 41.2 Å². The fraction of sp³-hybridized carbons (Fsp3) is 0. The fourth-order valence-corrected chi connectivity index (χ4v) is 2.79. The normalized spacial score (nSPS) is 10.5. The van der Waals surface area contributed by atoms with Crippen molar-refractivity contribution in [1.29, 1.82) is 0 Å². The van der Waals surface area contributed by atoms with E-state index >= 15 is 0 Å². The van der Waals surface area contributed by atoms with Crippen molar-refractivity contribution in [2.45, 2.75) is 0 Å². The smallest absolute Gasteiger partial charge is 0.0898 e. The molecule has 0 fully saturated rings. The molecule has 2 nitrogen and oxygen atoms in total. The summed E-state index contributed by atoms with van der Waals surface area (Å²) in [7, 11) is 0. The van der Waals surface area contributed by atoms with Crippen molar-refractivity contribution >= 4 is 34.8 Å². The summed E-state index contributed by atoms with van der Waals surface area (Å²) in [6, 6.07) is 12.6. The Morgan fingerprint density at radius 1 is 0.955 bits per heavy atom. The fourth-order valence-electron chi connectivity index (χ4n) is 2.18. The van der Waals surface area contributed by atoms with Gasteiger partial charge in [-0.05, 0) is 30.3 Å². The maximum atomic E-state index is 6.28. The van der Waals surface area contributed by atoms with E-state index in [9.17, 15) is 0 Å². The van der Waals surface area contributed by atoms with E-state index in [0.717, 1.165) is 11.3 Å². The van der Waals surface area contributed by atoms with Crippen molar-refractivity contribution in [3.63, 3.8) is 0 Å². The van der Waals surface area contributed by atoms with Gasteiger partial charge in [0.2, 0.25) is 0 Å². The van der Waals surface area contributed by atoms with Crippen LogP contribution < -0.4 is 0 Å². The third-order valence-corrected chi connectivity index (χ3v) is 3.97. The Kier molecular flexibility index (Phi) is 4.13. The van der Waals surface area contributed by atoms with Gasteiger partial charge >= 0.3 is 0 Å². The molecule has 2 aromatic carbocycles. The van der Waals surface area contributed by atoms with Gasteiger partial charge in [-0.15, -0.1) is 6.42 Å². The average Bonchev–Trinajstić information content (AvgIpc) is 2.92. The molecule has 108 valence electrons. The molecule has 0 saturated carbocycles. The molecule has 22 heavy (non-hydrogen) atoms. The molecule has 0 aliphatic heterocycles. The zero-order valence-corrected chi connectivity index (χ0v) is 13.5. The lowest BCUT2D eigenvalue weighted by molar-refractivity contribution is 0.888. The Labute approximate surface area is 143 Å². The van der Waals surface area contributed by atoms with Gasteiger partial charge in [0.15, 0.2) is 0 Å². The summed E-state index contributed by atoms with van der Waals surface area (Å²) >= 11 is 18.2. The zero-order chi connectivity index (χ0) is 15.7. The van der Waals surface area contributed by atoms with Crippen LogP contribution in [0.3, 0.4) is 0 Å². The summed E-state index contributed by atoms with van der Waals surface area (Å²) in [6.07, 6.45) is 7.22. The van der Waals surface area contributed by atoms with E-state index in [-0.39, 0.29) is 0 Å². The molecule has 0 aliphatic carbocycles. The minimum absolute atomic E-state index is 0.495. The Bertz CT molecular complexity index is 874. The second kappa shape index (κ2) is 6.06. The average molecular weight is 348 g/mol. The lowest BCUT2D eigenvalue weighted by atomic mass is 10.1. The summed E-state index contributed by atoms with van der Waals surface area (Å²) < 4.78 is 1.71. The molecule has 3 aromatic rings. The number of hydrogen-bond donors (Lipinski definition) is 0. The summed E-state index contributed by atoms with van der Waals surface area (Å²) in [5.74, 6) is 2.64. The maximum absolute atomic E-state index is 6.28. The predicted molar refractivity (Wildman–Crippen MR) is 92.0 cm³/mol. The second-order valence-electron chi connectivity index (χ2n) is 4.57. The zero-order valence-electron chi connectivity index (χ0n) is 11.2. The maximum Gasteiger partial charge on any atom is 0.0898 e. The van der Waals surface area contributed by atoms with Gasteiger partial charge in [-0.25, -0.2) is 4.68 Å². The molecule has 0 spiro atoms. The van der Waals surface area contributed by atoms with Crippen LogP contribution in [-0.4, -0.2) is 9.78 Å². The van der Waals surface area contributed by atoms with Crippen LogP contribution in [0.5, 0.6) is 0 Å². The third kappa shape index (κ3) is 2.71.